The Morgan fingerprint density at radius 2 is 0.967 bits per heavy atom. The van der Waals surface area contributed by atoms with Gasteiger partial charge >= 0.3 is 35.8 Å². The molecule has 0 saturated carbocycles. The number of hydrogen-bond acceptors (Lipinski definition) is 1. The molecule has 1 rings (SSSR count). The van der Waals surface area contributed by atoms with Crippen LogP contribution in [0.5, 0.6) is 0 Å². The van der Waals surface area contributed by atoms with Gasteiger partial charge in [0.1, 0.15) is 0 Å². The lowest BCUT2D eigenvalue weighted by Crippen LogP contribution is -2.69. The van der Waals surface area contributed by atoms with Crippen LogP contribution in [0.2, 0.25) is 10.0 Å². The molecule has 0 aromatic heterocycles. The van der Waals surface area contributed by atoms with Gasteiger partial charge in [-0.2, -0.15) is 57.1 Å². The number of rotatable bonds is 6. The lowest BCUT2D eigenvalue weighted by molar-refractivity contribution is -0.441. The second-order valence-electron chi connectivity index (χ2n) is 5.46. The molecule has 0 aliphatic carbocycles. The van der Waals surface area contributed by atoms with Crippen LogP contribution in [0.25, 0.3) is 0 Å². The molecule has 0 bridgehead atoms. The predicted molar refractivity (Wildman–Crippen MR) is 76.4 cm³/mol. The van der Waals surface area contributed by atoms with E-state index >= 15 is 0 Å². The maximum absolute atomic E-state index is 14.0. The Labute approximate surface area is 171 Å². The molecule has 0 N–H and O–H groups in total. The van der Waals surface area contributed by atoms with Crippen LogP contribution in [0.4, 0.5) is 57.1 Å². The number of carbonyl (C=O) groups is 1. The molecule has 0 radical (unpaired) electrons. The van der Waals surface area contributed by atoms with E-state index < -0.39 is 62.2 Å². The Kier molecular flexibility index (Phi) is 6.69. The minimum atomic E-state index is -8.04. The standard InChI is InChI=1S/C13H2Cl3F13O/c14-4-1-3(2-5(15)6(4)7(16)30)8(17,18)9(19,20)10(21,22)11(23,24)12(25,26)13(27,28)29/h1-2H. The van der Waals surface area contributed by atoms with Gasteiger partial charge in [0.05, 0.1) is 15.6 Å². The molecule has 1 aromatic carbocycles. The lowest BCUT2D eigenvalue weighted by atomic mass is 9.90. The van der Waals surface area contributed by atoms with E-state index in [4.69, 9.17) is 34.8 Å². The molecule has 0 fully saturated rings. The Morgan fingerprint density at radius 1 is 0.633 bits per heavy atom. The topological polar surface area (TPSA) is 17.1 Å². The summed E-state index contributed by atoms with van der Waals surface area (Å²) in [6.07, 6.45) is -7.51. The molecule has 1 aromatic rings. The summed E-state index contributed by atoms with van der Waals surface area (Å²) in [6.45, 7) is 0. The molecule has 17 heteroatoms. The van der Waals surface area contributed by atoms with Crippen LogP contribution >= 0.6 is 34.8 Å². The molecule has 0 atom stereocenters. The van der Waals surface area contributed by atoms with Gasteiger partial charge in [-0.25, -0.2) is 0 Å². The van der Waals surface area contributed by atoms with E-state index in [0.717, 1.165) is 0 Å². The highest BCUT2D eigenvalue weighted by molar-refractivity contribution is 6.69. The maximum Gasteiger partial charge on any atom is 0.460 e. The fourth-order valence-corrected chi connectivity index (χ4v) is 2.85. The molecular formula is C13H2Cl3F13O. The zero-order valence-corrected chi connectivity index (χ0v) is 15.4. The van der Waals surface area contributed by atoms with Crippen LogP contribution in [-0.2, 0) is 5.92 Å². The largest absolute Gasteiger partial charge is 0.460 e. The van der Waals surface area contributed by atoms with Crippen LogP contribution in [0.3, 0.4) is 0 Å². The average Bonchev–Trinajstić information content (AvgIpc) is 2.51. The number of halogens is 16. The average molecular weight is 527 g/mol. The maximum atomic E-state index is 14.0. The van der Waals surface area contributed by atoms with E-state index in [0.29, 0.717) is 0 Å². The first-order valence-electron chi connectivity index (χ1n) is 6.63. The smallest absolute Gasteiger partial charge is 0.275 e. The third-order valence-electron chi connectivity index (χ3n) is 3.53. The summed E-state index contributed by atoms with van der Waals surface area (Å²) in [6, 6.07) is -0.736. The number of benzene rings is 1. The van der Waals surface area contributed by atoms with Gasteiger partial charge in [0.15, 0.2) is 0 Å². The lowest BCUT2D eigenvalue weighted by Gasteiger charge is -2.39. The zero-order valence-electron chi connectivity index (χ0n) is 13.1. The minimum absolute atomic E-state index is 0.368. The molecule has 0 aliphatic rings. The monoisotopic (exact) mass is 526 g/mol. The van der Waals surface area contributed by atoms with E-state index in [2.05, 4.69) is 0 Å². The van der Waals surface area contributed by atoms with Gasteiger partial charge in [-0.05, 0) is 23.7 Å². The van der Waals surface area contributed by atoms with E-state index in [1.54, 1.807) is 0 Å². The quantitative estimate of drug-likeness (QED) is 0.276. The van der Waals surface area contributed by atoms with E-state index in [-0.39, 0.29) is 12.1 Å². The van der Waals surface area contributed by atoms with Crippen molar-refractivity contribution in [3.8, 4) is 0 Å². The van der Waals surface area contributed by atoms with Gasteiger partial charge in [0.25, 0.3) is 5.24 Å². The van der Waals surface area contributed by atoms with Crippen LogP contribution < -0.4 is 0 Å². The van der Waals surface area contributed by atoms with Crippen molar-refractivity contribution < 1.29 is 61.9 Å². The molecule has 0 aliphatic heterocycles. The summed E-state index contributed by atoms with van der Waals surface area (Å²) in [5, 5.41) is -4.11. The molecule has 0 unspecified atom stereocenters. The van der Waals surface area contributed by atoms with Crippen LogP contribution in [0.15, 0.2) is 12.1 Å². The first-order valence-corrected chi connectivity index (χ1v) is 7.77. The summed E-state index contributed by atoms with van der Waals surface area (Å²) in [5.74, 6) is -38.0. The molecule has 1 nitrogen and oxygen atoms in total. The Morgan fingerprint density at radius 3 is 1.27 bits per heavy atom. The van der Waals surface area contributed by atoms with E-state index in [1.807, 2.05) is 0 Å². The highest BCUT2D eigenvalue weighted by Crippen LogP contribution is 2.62. The Balaban J connectivity index is 3.71. The first kappa shape index (κ1) is 26.9. The fourth-order valence-electron chi connectivity index (χ4n) is 1.89. The zero-order chi connectivity index (χ0) is 24.3. The Hall–Kier alpha value is -1.15. The first-order chi connectivity index (χ1) is 13.0. The van der Waals surface area contributed by atoms with Crippen LogP contribution in [-0.4, -0.2) is 35.1 Å². The highest BCUT2D eigenvalue weighted by Gasteiger charge is 2.90. The third kappa shape index (κ3) is 3.68. The summed E-state index contributed by atoms with van der Waals surface area (Å²) in [7, 11) is 0. The number of hydrogen-bond donors (Lipinski definition) is 0. The van der Waals surface area contributed by atoms with Gasteiger partial charge < -0.3 is 0 Å². The second kappa shape index (κ2) is 7.47. The van der Waals surface area contributed by atoms with Crippen molar-refractivity contribution in [1.29, 1.82) is 0 Å². The van der Waals surface area contributed by atoms with Crippen molar-refractivity contribution in [2.24, 2.45) is 0 Å². The van der Waals surface area contributed by atoms with Crippen molar-refractivity contribution in [3.63, 3.8) is 0 Å². The second-order valence-corrected chi connectivity index (χ2v) is 6.62. The van der Waals surface area contributed by atoms with Gasteiger partial charge in [-0.1, -0.05) is 23.2 Å². The summed E-state index contributed by atoms with van der Waals surface area (Å²) in [4.78, 5) is 11.0. The molecule has 0 heterocycles. The van der Waals surface area contributed by atoms with E-state index in [1.165, 1.54) is 0 Å². The SMILES string of the molecule is O=C(Cl)c1c(Cl)cc(C(F)(F)C(F)(F)C(F)(F)C(F)(F)C(F)(F)C(F)(F)F)cc1Cl. The molecule has 0 spiro atoms. The number of carbonyl (C=O) groups excluding carboxylic acids is 1. The highest BCUT2D eigenvalue weighted by atomic mass is 35.5. The van der Waals surface area contributed by atoms with Gasteiger partial charge in [-0.3, -0.25) is 4.79 Å². The minimum Gasteiger partial charge on any atom is -0.275 e. The molecule has 30 heavy (non-hydrogen) atoms. The molecular weight excluding hydrogens is 525 g/mol. The third-order valence-corrected chi connectivity index (χ3v) is 4.32. The van der Waals surface area contributed by atoms with Crippen molar-refractivity contribution in [1.82, 2.24) is 0 Å². The Bertz CT molecular complexity index is 824. The van der Waals surface area contributed by atoms with Crippen LogP contribution in [0, 0.1) is 0 Å². The predicted octanol–water partition coefficient (Wildman–Crippen LogP) is 7.57. The van der Waals surface area contributed by atoms with Crippen molar-refractivity contribution in [2.75, 3.05) is 0 Å². The summed E-state index contributed by atoms with van der Waals surface area (Å²) >= 11 is 15.4. The van der Waals surface area contributed by atoms with Gasteiger partial charge in [0, 0.05) is 5.56 Å². The summed E-state index contributed by atoms with van der Waals surface area (Å²) in [5.41, 5.74) is -3.43. The molecule has 172 valence electrons. The molecule has 0 saturated heterocycles. The van der Waals surface area contributed by atoms with Gasteiger partial charge in [0.2, 0.25) is 0 Å². The normalized spacial score (nSPS) is 14.8. The van der Waals surface area contributed by atoms with Gasteiger partial charge in [-0.15, -0.1) is 0 Å². The van der Waals surface area contributed by atoms with Crippen molar-refractivity contribution in [2.45, 2.75) is 35.8 Å². The molecule has 0 amide bonds. The van der Waals surface area contributed by atoms with Crippen molar-refractivity contribution >= 4 is 40.0 Å². The van der Waals surface area contributed by atoms with Crippen molar-refractivity contribution in [3.05, 3.63) is 33.3 Å². The number of alkyl halides is 13. The van der Waals surface area contributed by atoms with E-state index in [9.17, 15) is 61.9 Å². The van der Waals surface area contributed by atoms with Crippen LogP contribution in [0.1, 0.15) is 15.9 Å². The summed E-state index contributed by atoms with van der Waals surface area (Å²) < 4.78 is 170. The fraction of sp³-hybridized carbons (Fsp3) is 0.462.